The highest BCUT2D eigenvalue weighted by molar-refractivity contribution is 5.68. The number of hydrogen-bond donors (Lipinski definition) is 3. The molecule has 0 saturated carbocycles. The van der Waals surface area contributed by atoms with E-state index in [9.17, 15) is 14.7 Å². The smallest absolute Gasteiger partial charge is 0.422 e. The predicted octanol–water partition coefficient (Wildman–Crippen LogP) is 4.83. The number of ether oxygens (including phenoxy) is 2. The van der Waals surface area contributed by atoms with Crippen molar-refractivity contribution in [2.75, 3.05) is 6.54 Å². The van der Waals surface area contributed by atoms with Gasteiger partial charge in [-0.1, -0.05) is 91.0 Å². The molecule has 3 aromatic carbocycles. The second-order valence-corrected chi connectivity index (χ2v) is 10.0. The molecule has 38 heavy (non-hydrogen) atoms. The first-order valence-electron chi connectivity index (χ1n) is 12.7. The fraction of sp³-hybridized carbons (Fsp3) is 0.333. The van der Waals surface area contributed by atoms with Gasteiger partial charge in [0.05, 0.1) is 12.1 Å². The third kappa shape index (κ3) is 10.6. The van der Waals surface area contributed by atoms with Crippen LogP contribution in [-0.4, -0.2) is 46.6 Å². The van der Waals surface area contributed by atoms with Gasteiger partial charge in [-0.05, 0) is 43.9 Å². The summed E-state index contributed by atoms with van der Waals surface area (Å²) in [6, 6.07) is 27.8. The summed E-state index contributed by atoms with van der Waals surface area (Å²) in [4.78, 5) is 25.2. The Bertz CT molecular complexity index is 1120. The molecule has 0 aliphatic heterocycles. The van der Waals surface area contributed by atoms with Crippen LogP contribution in [0.3, 0.4) is 0 Å². The van der Waals surface area contributed by atoms with Crippen LogP contribution in [0.4, 0.5) is 9.59 Å². The second-order valence-electron chi connectivity index (χ2n) is 10.0. The fourth-order valence-corrected chi connectivity index (χ4v) is 3.80. The molecular weight excluding hydrogens is 482 g/mol. The molecule has 0 aromatic heterocycles. The van der Waals surface area contributed by atoms with Crippen LogP contribution in [0.1, 0.15) is 37.5 Å². The molecule has 0 aliphatic carbocycles. The Morgan fingerprint density at radius 1 is 0.816 bits per heavy atom. The van der Waals surface area contributed by atoms with Crippen LogP contribution in [0, 0.1) is 0 Å². The van der Waals surface area contributed by atoms with Gasteiger partial charge in [0, 0.05) is 13.1 Å². The molecule has 0 radical (unpaired) electrons. The molecule has 2 unspecified atom stereocenters. The van der Waals surface area contributed by atoms with Gasteiger partial charge in [0.25, 0.3) is 0 Å². The Kier molecular flexibility index (Phi) is 10.7. The van der Waals surface area contributed by atoms with Crippen LogP contribution in [0.5, 0.6) is 0 Å². The molecule has 3 rings (SSSR count). The van der Waals surface area contributed by atoms with E-state index in [0.29, 0.717) is 13.0 Å². The van der Waals surface area contributed by atoms with E-state index in [2.05, 4.69) is 10.7 Å². The zero-order valence-electron chi connectivity index (χ0n) is 22.2. The number of hydrazine groups is 1. The van der Waals surface area contributed by atoms with E-state index in [1.54, 1.807) is 25.8 Å². The molecule has 202 valence electrons. The number of alkyl carbamates (subject to hydrolysis) is 1. The summed E-state index contributed by atoms with van der Waals surface area (Å²) in [5.74, 6) is 0. The SMILES string of the molecule is CC(C)(C)OC(=O)NN(Cc1ccccc1)CC(O)C(Cc1ccccc1)NC(=O)OCc1ccccc1. The van der Waals surface area contributed by atoms with Gasteiger partial charge in [-0.3, -0.25) is 5.43 Å². The summed E-state index contributed by atoms with van der Waals surface area (Å²) in [5, 5.41) is 15.7. The number of benzene rings is 3. The first kappa shape index (κ1) is 28.7. The number of nitrogens with one attached hydrogen (secondary N) is 2. The lowest BCUT2D eigenvalue weighted by Gasteiger charge is -2.31. The van der Waals surface area contributed by atoms with E-state index >= 15 is 0 Å². The standard InChI is InChI=1S/C30H37N3O5/c1-30(2,3)38-29(36)32-33(20-24-15-9-5-10-16-24)21-27(34)26(19-23-13-7-4-8-14-23)31-28(35)37-22-25-17-11-6-12-18-25/h4-18,26-27,34H,19-22H2,1-3H3,(H,31,35)(H,32,36). The van der Waals surface area contributed by atoms with Crippen molar-refractivity contribution in [3.05, 3.63) is 108 Å². The van der Waals surface area contributed by atoms with Crippen molar-refractivity contribution >= 4 is 12.2 Å². The molecule has 8 nitrogen and oxygen atoms in total. The van der Waals surface area contributed by atoms with Gasteiger partial charge in [0.15, 0.2) is 0 Å². The molecule has 8 heteroatoms. The van der Waals surface area contributed by atoms with Gasteiger partial charge in [0.2, 0.25) is 0 Å². The van der Waals surface area contributed by atoms with Crippen molar-refractivity contribution in [1.82, 2.24) is 15.8 Å². The third-order valence-electron chi connectivity index (χ3n) is 5.55. The number of amides is 2. The lowest BCUT2D eigenvalue weighted by atomic mass is 10.0. The zero-order valence-corrected chi connectivity index (χ0v) is 22.2. The maximum Gasteiger partial charge on any atom is 0.422 e. The zero-order chi connectivity index (χ0) is 27.4. The molecule has 2 amide bonds. The molecule has 3 aromatic rings. The van der Waals surface area contributed by atoms with Gasteiger partial charge in [-0.25, -0.2) is 14.6 Å². The van der Waals surface area contributed by atoms with Gasteiger partial charge >= 0.3 is 12.2 Å². The monoisotopic (exact) mass is 519 g/mol. The van der Waals surface area contributed by atoms with E-state index in [4.69, 9.17) is 9.47 Å². The number of carbonyl (C=O) groups excluding carboxylic acids is 2. The molecule has 3 N–H and O–H groups in total. The largest absolute Gasteiger partial charge is 0.445 e. The summed E-state index contributed by atoms with van der Waals surface area (Å²) in [7, 11) is 0. The molecular formula is C30H37N3O5. The van der Waals surface area contributed by atoms with Crippen molar-refractivity contribution < 1.29 is 24.2 Å². The topological polar surface area (TPSA) is 100 Å². The summed E-state index contributed by atoms with van der Waals surface area (Å²) >= 11 is 0. The van der Waals surface area contributed by atoms with E-state index in [1.807, 2.05) is 91.0 Å². The molecule has 2 atom stereocenters. The average molecular weight is 520 g/mol. The van der Waals surface area contributed by atoms with E-state index in [1.165, 1.54) is 0 Å². The molecule has 0 spiro atoms. The molecule has 0 saturated heterocycles. The van der Waals surface area contributed by atoms with Crippen LogP contribution in [0.25, 0.3) is 0 Å². The summed E-state index contributed by atoms with van der Waals surface area (Å²) in [6.07, 6.45) is -1.94. The van der Waals surface area contributed by atoms with Crippen molar-refractivity contribution in [2.45, 2.75) is 58.1 Å². The van der Waals surface area contributed by atoms with Crippen LogP contribution in [0.2, 0.25) is 0 Å². The fourth-order valence-electron chi connectivity index (χ4n) is 3.80. The average Bonchev–Trinajstić information content (AvgIpc) is 2.87. The Hall–Kier alpha value is -3.88. The number of aliphatic hydroxyl groups is 1. The second kappa shape index (κ2) is 14.2. The summed E-state index contributed by atoms with van der Waals surface area (Å²) < 4.78 is 10.8. The van der Waals surface area contributed by atoms with Crippen LogP contribution >= 0.6 is 0 Å². The highest BCUT2D eigenvalue weighted by atomic mass is 16.6. The molecule has 0 fully saturated rings. The van der Waals surface area contributed by atoms with Gasteiger partial charge < -0.3 is 19.9 Å². The Balaban J connectivity index is 1.72. The number of rotatable bonds is 11. The maximum absolute atomic E-state index is 12.7. The molecule has 0 aliphatic rings. The lowest BCUT2D eigenvalue weighted by Crippen LogP contribution is -2.53. The Morgan fingerprint density at radius 3 is 1.89 bits per heavy atom. The van der Waals surface area contributed by atoms with Crippen molar-refractivity contribution in [1.29, 1.82) is 0 Å². The maximum atomic E-state index is 12.7. The Morgan fingerprint density at radius 2 is 1.34 bits per heavy atom. The van der Waals surface area contributed by atoms with Gasteiger partial charge in [-0.15, -0.1) is 0 Å². The minimum absolute atomic E-state index is 0.0323. The highest BCUT2D eigenvalue weighted by Crippen LogP contribution is 2.12. The normalized spacial score (nSPS) is 12.9. The van der Waals surface area contributed by atoms with Gasteiger partial charge in [-0.2, -0.15) is 0 Å². The number of aliphatic hydroxyl groups excluding tert-OH is 1. The summed E-state index contributed by atoms with van der Waals surface area (Å²) in [6.45, 7) is 5.82. The third-order valence-corrected chi connectivity index (χ3v) is 5.55. The van der Waals surface area contributed by atoms with Crippen LogP contribution in [0.15, 0.2) is 91.0 Å². The van der Waals surface area contributed by atoms with Crippen molar-refractivity contribution in [2.24, 2.45) is 0 Å². The van der Waals surface area contributed by atoms with Crippen LogP contribution < -0.4 is 10.7 Å². The van der Waals surface area contributed by atoms with Crippen molar-refractivity contribution in [3.63, 3.8) is 0 Å². The van der Waals surface area contributed by atoms with E-state index < -0.39 is 29.9 Å². The molecule has 0 heterocycles. The summed E-state index contributed by atoms with van der Waals surface area (Å²) in [5.41, 5.74) is 4.80. The minimum Gasteiger partial charge on any atom is -0.445 e. The molecule has 0 bridgehead atoms. The first-order chi connectivity index (χ1) is 18.2. The number of nitrogens with zero attached hydrogens (tertiary/aromatic N) is 1. The Labute approximate surface area is 224 Å². The number of hydrogen-bond acceptors (Lipinski definition) is 6. The van der Waals surface area contributed by atoms with E-state index in [0.717, 1.165) is 16.7 Å². The van der Waals surface area contributed by atoms with Crippen LogP contribution in [-0.2, 0) is 29.0 Å². The minimum atomic E-state index is -1.04. The predicted molar refractivity (Wildman–Crippen MR) is 146 cm³/mol. The van der Waals surface area contributed by atoms with E-state index in [-0.39, 0.29) is 13.2 Å². The van der Waals surface area contributed by atoms with Crippen molar-refractivity contribution in [3.8, 4) is 0 Å². The highest BCUT2D eigenvalue weighted by Gasteiger charge is 2.27. The first-order valence-corrected chi connectivity index (χ1v) is 12.7. The lowest BCUT2D eigenvalue weighted by molar-refractivity contribution is 0.0141. The quantitative estimate of drug-likeness (QED) is 0.314. The van der Waals surface area contributed by atoms with Gasteiger partial charge in [0.1, 0.15) is 12.2 Å². The number of carbonyl (C=O) groups is 2.